The number of hydrogen-bond donors (Lipinski definition) is 2. The Morgan fingerprint density at radius 2 is 2.06 bits per heavy atom. The van der Waals surface area contributed by atoms with Crippen LogP contribution in [0.25, 0.3) is 0 Å². The number of ether oxygens (including phenoxy) is 1. The van der Waals surface area contributed by atoms with Gasteiger partial charge in [-0.15, -0.1) is 0 Å². The molecule has 4 heteroatoms. The first kappa shape index (κ1) is 14.5. The molecule has 0 saturated carbocycles. The van der Waals surface area contributed by atoms with Gasteiger partial charge in [0.1, 0.15) is 5.75 Å². The maximum absolute atomic E-state index is 11.7. The van der Waals surface area contributed by atoms with E-state index in [1.54, 1.807) is 7.11 Å². The summed E-state index contributed by atoms with van der Waals surface area (Å²) in [7, 11) is 1.60. The molecule has 0 fully saturated rings. The summed E-state index contributed by atoms with van der Waals surface area (Å²) in [5.41, 5.74) is 0.896. The van der Waals surface area contributed by atoms with Crippen LogP contribution in [0.5, 0.6) is 5.75 Å². The number of amides is 1. The minimum absolute atomic E-state index is 0.00324. The van der Waals surface area contributed by atoms with Crippen LogP contribution in [0, 0.1) is 0 Å². The highest BCUT2D eigenvalue weighted by Gasteiger charge is 2.07. The molecule has 100 valence electrons. The van der Waals surface area contributed by atoms with E-state index in [4.69, 9.17) is 9.84 Å². The van der Waals surface area contributed by atoms with Crippen LogP contribution in [0.1, 0.15) is 24.8 Å². The highest BCUT2D eigenvalue weighted by Crippen LogP contribution is 2.17. The second-order valence-electron chi connectivity index (χ2n) is 4.12. The Hall–Kier alpha value is -1.55. The van der Waals surface area contributed by atoms with Gasteiger partial charge >= 0.3 is 0 Å². The van der Waals surface area contributed by atoms with Crippen LogP contribution >= 0.6 is 0 Å². The van der Waals surface area contributed by atoms with Crippen LogP contribution in [-0.2, 0) is 11.2 Å². The van der Waals surface area contributed by atoms with Gasteiger partial charge < -0.3 is 15.2 Å². The molecule has 1 aromatic rings. The smallest absolute Gasteiger partial charge is 0.224 e. The monoisotopic (exact) mass is 251 g/mol. The molecule has 0 aliphatic rings. The second kappa shape index (κ2) is 8.53. The van der Waals surface area contributed by atoms with Crippen molar-refractivity contribution in [3.8, 4) is 5.75 Å². The van der Waals surface area contributed by atoms with E-state index in [0.717, 1.165) is 30.6 Å². The Kier molecular flexibility index (Phi) is 6.87. The Balaban J connectivity index is 2.31. The zero-order valence-corrected chi connectivity index (χ0v) is 10.8. The molecule has 0 aliphatic carbocycles. The number of unbranched alkanes of at least 4 members (excludes halogenated alkanes) is 2. The quantitative estimate of drug-likeness (QED) is 0.689. The SMILES string of the molecule is COc1ccccc1CC(=O)NCCCCCO. The zero-order valence-electron chi connectivity index (χ0n) is 10.8. The van der Waals surface area contributed by atoms with Crippen LogP contribution in [-0.4, -0.2) is 31.3 Å². The van der Waals surface area contributed by atoms with Gasteiger partial charge in [0.15, 0.2) is 0 Å². The average molecular weight is 251 g/mol. The standard InChI is InChI=1S/C14H21NO3/c1-18-13-8-4-3-7-12(13)11-14(17)15-9-5-2-6-10-16/h3-4,7-8,16H,2,5-6,9-11H2,1H3,(H,15,17). The lowest BCUT2D eigenvalue weighted by Gasteiger charge is -2.08. The molecular weight excluding hydrogens is 230 g/mol. The lowest BCUT2D eigenvalue weighted by Crippen LogP contribution is -2.26. The molecule has 1 aromatic carbocycles. The molecule has 0 aliphatic heterocycles. The molecule has 4 nitrogen and oxygen atoms in total. The van der Waals surface area contributed by atoms with Crippen molar-refractivity contribution in [1.82, 2.24) is 5.32 Å². The molecule has 0 aromatic heterocycles. The molecule has 0 heterocycles. The molecule has 1 rings (SSSR count). The Morgan fingerprint density at radius 1 is 1.28 bits per heavy atom. The van der Waals surface area contributed by atoms with Crippen LogP contribution in [0.15, 0.2) is 24.3 Å². The number of nitrogens with one attached hydrogen (secondary N) is 1. The minimum atomic E-state index is 0.00324. The number of methoxy groups -OCH3 is 1. The molecule has 0 bridgehead atoms. The highest BCUT2D eigenvalue weighted by molar-refractivity contribution is 5.79. The van der Waals surface area contributed by atoms with Gasteiger partial charge in [-0.2, -0.15) is 0 Å². The summed E-state index contributed by atoms with van der Waals surface area (Å²) < 4.78 is 5.20. The van der Waals surface area contributed by atoms with E-state index in [-0.39, 0.29) is 12.5 Å². The fourth-order valence-electron chi connectivity index (χ4n) is 1.73. The number of aliphatic hydroxyl groups excluding tert-OH is 1. The fraction of sp³-hybridized carbons (Fsp3) is 0.500. The largest absolute Gasteiger partial charge is 0.496 e. The van der Waals surface area contributed by atoms with E-state index in [9.17, 15) is 4.79 Å². The van der Waals surface area contributed by atoms with Crippen molar-refractivity contribution in [3.63, 3.8) is 0 Å². The summed E-state index contributed by atoms with van der Waals surface area (Å²) >= 11 is 0. The molecule has 1 amide bonds. The molecule has 0 spiro atoms. The summed E-state index contributed by atoms with van der Waals surface area (Å²) in [6, 6.07) is 7.52. The fourth-order valence-corrected chi connectivity index (χ4v) is 1.73. The van der Waals surface area contributed by atoms with Crippen LogP contribution < -0.4 is 10.1 Å². The highest BCUT2D eigenvalue weighted by atomic mass is 16.5. The van der Waals surface area contributed by atoms with E-state index in [0.29, 0.717) is 13.0 Å². The molecule has 0 atom stereocenters. The first-order valence-corrected chi connectivity index (χ1v) is 6.27. The topological polar surface area (TPSA) is 58.6 Å². The predicted octanol–water partition coefficient (Wildman–Crippen LogP) is 1.52. The molecule has 18 heavy (non-hydrogen) atoms. The third-order valence-corrected chi connectivity index (χ3v) is 2.70. The third kappa shape index (κ3) is 5.19. The van der Waals surface area contributed by atoms with Gasteiger partial charge in [-0.05, 0) is 25.3 Å². The van der Waals surface area contributed by atoms with Crippen molar-refractivity contribution in [2.75, 3.05) is 20.3 Å². The minimum Gasteiger partial charge on any atom is -0.496 e. The molecule has 0 radical (unpaired) electrons. The van der Waals surface area contributed by atoms with Crippen LogP contribution in [0.4, 0.5) is 0 Å². The van der Waals surface area contributed by atoms with E-state index >= 15 is 0 Å². The van der Waals surface area contributed by atoms with Crippen molar-refractivity contribution >= 4 is 5.91 Å². The summed E-state index contributed by atoms with van der Waals surface area (Å²) in [4.78, 5) is 11.7. The maximum atomic E-state index is 11.7. The Morgan fingerprint density at radius 3 is 2.78 bits per heavy atom. The summed E-state index contributed by atoms with van der Waals surface area (Å²) in [5, 5.41) is 11.5. The molecule has 0 saturated heterocycles. The Labute approximate surface area is 108 Å². The number of carbonyl (C=O) groups excluding carboxylic acids is 1. The lowest BCUT2D eigenvalue weighted by molar-refractivity contribution is -0.120. The normalized spacial score (nSPS) is 10.1. The first-order chi connectivity index (χ1) is 8.77. The maximum Gasteiger partial charge on any atom is 0.224 e. The summed E-state index contributed by atoms with van der Waals surface area (Å²) in [6.45, 7) is 0.878. The molecular formula is C14H21NO3. The van der Waals surface area contributed by atoms with Crippen molar-refractivity contribution in [3.05, 3.63) is 29.8 Å². The summed E-state index contributed by atoms with van der Waals surface area (Å²) in [5.74, 6) is 0.747. The van der Waals surface area contributed by atoms with Gasteiger partial charge in [0.05, 0.1) is 13.5 Å². The number of para-hydroxylation sites is 1. The van der Waals surface area contributed by atoms with Gasteiger partial charge in [-0.25, -0.2) is 0 Å². The number of carbonyl (C=O) groups is 1. The van der Waals surface area contributed by atoms with E-state index < -0.39 is 0 Å². The van der Waals surface area contributed by atoms with Gasteiger partial charge in [0.25, 0.3) is 0 Å². The van der Waals surface area contributed by atoms with E-state index in [2.05, 4.69) is 5.32 Å². The van der Waals surface area contributed by atoms with Crippen LogP contribution in [0.2, 0.25) is 0 Å². The molecule has 2 N–H and O–H groups in total. The van der Waals surface area contributed by atoms with Gasteiger partial charge in [0.2, 0.25) is 5.91 Å². The third-order valence-electron chi connectivity index (χ3n) is 2.70. The van der Waals surface area contributed by atoms with Crippen molar-refractivity contribution in [2.24, 2.45) is 0 Å². The van der Waals surface area contributed by atoms with Crippen molar-refractivity contribution < 1.29 is 14.6 Å². The zero-order chi connectivity index (χ0) is 13.2. The number of aliphatic hydroxyl groups is 1. The summed E-state index contributed by atoms with van der Waals surface area (Å²) in [6.07, 6.45) is 2.97. The van der Waals surface area contributed by atoms with Gasteiger partial charge in [0, 0.05) is 18.7 Å². The average Bonchev–Trinajstić information content (AvgIpc) is 2.39. The lowest BCUT2D eigenvalue weighted by atomic mass is 10.1. The van der Waals surface area contributed by atoms with Crippen molar-refractivity contribution in [1.29, 1.82) is 0 Å². The number of rotatable bonds is 8. The molecule has 0 unspecified atom stereocenters. The first-order valence-electron chi connectivity index (χ1n) is 6.27. The second-order valence-corrected chi connectivity index (χ2v) is 4.12. The van der Waals surface area contributed by atoms with Gasteiger partial charge in [-0.3, -0.25) is 4.79 Å². The van der Waals surface area contributed by atoms with E-state index in [1.165, 1.54) is 0 Å². The Bertz CT molecular complexity index is 366. The number of hydrogen-bond acceptors (Lipinski definition) is 3. The predicted molar refractivity (Wildman–Crippen MR) is 70.6 cm³/mol. The van der Waals surface area contributed by atoms with E-state index in [1.807, 2.05) is 24.3 Å². The number of benzene rings is 1. The van der Waals surface area contributed by atoms with Gasteiger partial charge in [-0.1, -0.05) is 18.2 Å². The van der Waals surface area contributed by atoms with Crippen LogP contribution in [0.3, 0.4) is 0 Å². The van der Waals surface area contributed by atoms with Crippen molar-refractivity contribution in [2.45, 2.75) is 25.7 Å².